The predicted octanol–water partition coefficient (Wildman–Crippen LogP) is 1.17. The molecule has 5 nitrogen and oxygen atoms in total. The number of hydrogen-bond acceptors (Lipinski definition) is 4. The van der Waals surface area contributed by atoms with Crippen molar-refractivity contribution >= 4 is 23.2 Å². The van der Waals surface area contributed by atoms with E-state index in [4.69, 9.17) is 4.74 Å². The van der Waals surface area contributed by atoms with E-state index in [1.54, 1.807) is 16.2 Å². The molecule has 0 bridgehead atoms. The van der Waals surface area contributed by atoms with E-state index in [9.17, 15) is 9.59 Å². The van der Waals surface area contributed by atoms with Crippen LogP contribution < -0.4 is 5.32 Å². The number of rotatable bonds is 4. The van der Waals surface area contributed by atoms with Crippen molar-refractivity contribution in [3.63, 3.8) is 0 Å². The van der Waals surface area contributed by atoms with Crippen molar-refractivity contribution < 1.29 is 14.3 Å². The van der Waals surface area contributed by atoms with E-state index >= 15 is 0 Å². The number of amides is 2. The van der Waals surface area contributed by atoms with Crippen LogP contribution in [-0.4, -0.2) is 43.0 Å². The minimum Gasteiger partial charge on any atom is -0.378 e. The van der Waals surface area contributed by atoms with Crippen molar-refractivity contribution in [3.05, 3.63) is 22.4 Å². The van der Waals surface area contributed by atoms with Gasteiger partial charge in [-0.1, -0.05) is 6.07 Å². The highest BCUT2D eigenvalue weighted by Gasteiger charge is 2.23. The molecule has 1 aliphatic heterocycles. The summed E-state index contributed by atoms with van der Waals surface area (Å²) in [6, 6.07) is 3.64. The number of ether oxygens (including phenoxy) is 1. The molecule has 1 fully saturated rings. The summed E-state index contributed by atoms with van der Waals surface area (Å²) in [4.78, 5) is 26.3. The molecule has 0 saturated carbocycles. The van der Waals surface area contributed by atoms with E-state index < -0.39 is 0 Å². The molecule has 1 unspecified atom stereocenters. The number of carbonyl (C=O) groups is 2. The van der Waals surface area contributed by atoms with Crippen LogP contribution in [0.2, 0.25) is 0 Å². The van der Waals surface area contributed by atoms with Crippen LogP contribution in [0.4, 0.5) is 0 Å². The highest BCUT2D eigenvalue weighted by Crippen LogP contribution is 2.23. The molecule has 0 aliphatic carbocycles. The van der Waals surface area contributed by atoms with Crippen LogP contribution in [0.25, 0.3) is 0 Å². The van der Waals surface area contributed by atoms with E-state index in [1.165, 1.54) is 6.92 Å². The summed E-state index contributed by atoms with van der Waals surface area (Å²) in [5.74, 6) is -0.0522. The maximum Gasteiger partial charge on any atom is 0.225 e. The summed E-state index contributed by atoms with van der Waals surface area (Å²) in [5, 5.41) is 4.79. The quantitative estimate of drug-likeness (QED) is 0.902. The van der Waals surface area contributed by atoms with E-state index in [0.717, 1.165) is 4.88 Å². The van der Waals surface area contributed by atoms with Crippen LogP contribution >= 0.6 is 11.3 Å². The molecule has 19 heavy (non-hydrogen) atoms. The third kappa shape index (κ3) is 4.04. The molecule has 0 radical (unpaired) electrons. The fraction of sp³-hybridized carbons (Fsp3) is 0.538. The third-order valence-corrected chi connectivity index (χ3v) is 3.99. The maximum atomic E-state index is 12.2. The molecule has 0 aromatic carbocycles. The number of thiophene rings is 1. The van der Waals surface area contributed by atoms with Gasteiger partial charge in [-0.25, -0.2) is 0 Å². The van der Waals surface area contributed by atoms with E-state index in [2.05, 4.69) is 5.32 Å². The van der Waals surface area contributed by atoms with Gasteiger partial charge in [-0.05, 0) is 11.4 Å². The minimum absolute atomic E-state index is 0.0652. The SMILES string of the molecule is CC(=O)NC(CC(=O)N1CCOCC1)c1cccs1. The van der Waals surface area contributed by atoms with Gasteiger partial charge in [0.25, 0.3) is 0 Å². The number of hydrogen-bond donors (Lipinski definition) is 1. The van der Waals surface area contributed by atoms with Gasteiger partial charge in [-0.2, -0.15) is 0 Å². The van der Waals surface area contributed by atoms with Gasteiger partial charge in [0.05, 0.1) is 25.7 Å². The number of carbonyl (C=O) groups excluding carboxylic acids is 2. The van der Waals surface area contributed by atoms with Gasteiger partial charge in [-0.3, -0.25) is 9.59 Å². The molecule has 0 spiro atoms. The Morgan fingerprint density at radius 3 is 2.79 bits per heavy atom. The summed E-state index contributed by atoms with van der Waals surface area (Å²) in [6.45, 7) is 3.93. The molecule has 1 aliphatic rings. The Balaban J connectivity index is 1.99. The van der Waals surface area contributed by atoms with Gasteiger partial charge >= 0.3 is 0 Å². The van der Waals surface area contributed by atoms with Gasteiger partial charge in [0.2, 0.25) is 11.8 Å². The largest absolute Gasteiger partial charge is 0.378 e. The van der Waals surface area contributed by atoms with Gasteiger partial charge in [0.1, 0.15) is 0 Å². The Morgan fingerprint density at radius 1 is 1.47 bits per heavy atom. The van der Waals surface area contributed by atoms with E-state index in [1.807, 2.05) is 17.5 Å². The Labute approximate surface area is 116 Å². The first-order valence-corrected chi connectivity index (χ1v) is 7.21. The van der Waals surface area contributed by atoms with Gasteiger partial charge in [0.15, 0.2) is 0 Å². The molecule has 1 N–H and O–H groups in total. The zero-order valence-corrected chi connectivity index (χ0v) is 11.7. The van der Waals surface area contributed by atoms with Gasteiger partial charge < -0.3 is 15.0 Å². The molecule has 1 aromatic rings. The van der Waals surface area contributed by atoms with E-state index in [-0.39, 0.29) is 17.9 Å². The van der Waals surface area contributed by atoms with E-state index in [0.29, 0.717) is 32.7 Å². The van der Waals surface area contributed by atoms with Crippen LogP contribution in [-0.2, 0) is 14.3 Å². The lowest BCUT2D eigenvalue weighted by Crippen LogP contribution is -2.42. The Kier molecular flexibility index (Phi) is 4.93. The van der Waals surface area contributed by atoms with Crippen molar-refractivity contribution in [1.82, 2.24) is 10.2 Å². The topological polar surface area (TPSA) is 58.6 Å². The molecular formula is C13H18N2O3S. The summed E-state index contributed by atoms with van der Waals surface area (Å²) >= 11 is 1.55. The highest BCUT2D eigenvalue weighted by molar-refractivity contribution is 7.10. The number of nitrogens with zero attached hydrogens (tertiary/aromatic N) is 1. The lowest BCUT2D eigenvalue weighted by atomic mass is 10.1. The van der Waals surface area contributed by atoms with Gasteiger partial charge in [0, 0.05) is 24.9 Å². The Morgan fingerprint density at radius 2 is 2.21 bits per heavy atom. The second kappa shape index (κ2) is 6.68. The van der Waals surface area contributed by atoms with Crippen LogP contribution in [0.5, 0.6) is 0 Å². The lowest BCUT2D eigenvalue weighted by Gasteiger charge is -2.28. The fourth-order valence-corrected chi connectivity index (χ4v) is 2.85. The average Bonchev–Trinajstić information content (AvgIpc) is 2.92. The zero-order valence-electron chi connectivity index (χ0n) is 10.9. The normalized spacial score (nSPS) is 17.0. The Hall–Kier alpha value is -1.40. The zero-order chi connectivity index (χ0) is 13.7. The molecule has 2 rings (SSSR count). The molecule has 2 amide bonds. The van der Waals surface area contributed by atoms with Crippen molar-refractivity contribution in [2.75, 3.05) is 26.3 Å². The molecular weight excluding hydrogens is 264 g/mol. The average molecular weight is 282 g/mol. The fourth-order valence-electron chi connectivity index (χ4n) is 2.07. The highest BCUT2D eigenvalue weighted by atomic mass is 32.1. The summed E-state index contributed by atoms with van der Waals surface area (Å²) in [5.41, 5.74) is 0. The molecule has 2 heterocycles. The van der Waals surface area contributed by atoms with Crippen molar-refractivity contribution in [2.45, 2.75) is 19.4 Å². The second-order valence-corrected chi connectivity index (χ2v) is 5.45. The first-order valence-electron chi connectivity index (χ1n) is 6.33. The van der Waals surface area contributed by atoms with Crippen LogP contribution in [0.15, 0.2) is 17.5 Å². The van der Waals surface area contributed by atoms with Gasteiger partial charge in [-0.15, -0.1) is 11.3 Å². The summed E-state index contributed by atoms with van der Waals surface area (Å²) < 4.78 is 5.23. The number of nitrogens with one attached hydrogen (secondary N) is 1. The second-order valence-electron chi connectivity index (χ2n) is 4.47. The Bertz CT molecular complexity index is 427. The van der Waals surface area contributed by atoms with Crippen molar-refractivity contribution in [2.24, 2.45) is 0 Å². The van der Waals surface area contributed by atoms with Crippen LogP contribution in [0.3, 0.4) is 0 Å². The number of morpholine rings is 1. The third-order valence-electron chi connectivity index (χ3n) is 3.01. The van der Waals surface area contributed by atoms with Crippen LogP contribution in [0.1, 0.15) is 24.3 Å². The molecule has 1 aromatic heterocycles. The van der Waals surface area contributed by atoms with Crippen LogP contribution in [0, 0.1) is 0 Å². The standard InChI is InChI=1S/C13H18N2O3S/c1-10(16)14-11(12-3-2-8-19-12)9-13(17)15-4-6-18-7-5-15/h2-3,8,11H,4-7,9H2,1H3,(H,14,16). The maximum absolute atomic E-state index is 12.2. The summed E-state index contributed by atoms with van der Waals surface area (Å²) in [6.07, 6.45) is 0.306. The molecule has 1 saturated heterocycles. The monoisotopic (exact) mass is 282 g/mol. The minimum atomic E-state index is -0.229. The molecule has 6 heteroatoms. The van der Waals surface area contributed by atoms with Crippen molar-refractivity contribution in [1.29, 1.82) is 0 Å². The smallest absolute Gasteiger partial charge is 0.225 e. The predicted molar refractivity (Wildman–Crippen MR) is 72.9 cm³/mol. The lowest BCUT2D eigenvalue weighted by molar-refractivity contribution is -0.136. The first kappa shape index (κ1) is 14.0. The molecule has 104 valence electrons. The van der Waals surface area contributed by atoms with Crippen molar-refractivity contribution in [3.8, 4) is 0 Å². The first-order chi connectivity index (χ1) is 9.16. The summed E-state index contributed by atoms with van der Waals surface area (Å²) in [7, 11) is 0. The molecule has 1 atom stereocenters.